The molecule has 1 aromatic carbocycles. The Morgan fingerprint density at radius 1 is 1.56 bits per heavy atom. The van der Waals surface area contributed by atoms with E-state index in [1.165, 1.54) is 12.1 Å². The largest absolute Gasteiger partial charge is 0.390 e. The van der Waals surface area contributed by atoms with E-state index in [1.54, 1.807) is 6.07 Å². The molecule has 0 heterocycles. The first-order valence-corrected chi connectivity index (χ1v) is 5.53. The van der Waals surface area contributed by atoms with Crippen molar-refractivity contribution < 1.29 is 9.90 Å². The zero-order valence-corrected chi connectivity index (χ0v) is 9.92. The normalized spacial score (nSPS) is 12.2. The number of carbonyl (C=O) groups is 1. The van der Waals surface area contributed by atoms with E-state index in [0.717, 1.165) is 0 Å². The smallest absolute Gasteiger partial charge is 0.248 e. The molecule has 0 bridgehead atoms. The van der Waals surface area contributed by atoms with E-state index in [1.807, 2.05) is 0 Å². The molecule has 0 aromatic heterocycles. The van der Waals surface area contributed by atoms with Crippen LogP contribution >= 0.6 is 23.2 Å². The molecule has 1 amide bonds. The lowest BCUT2D eigenvalue weighted by atomic mass is 10.2. The van der Waals surface area contributed by atoms with Crippen LogP contribution in [-0.2, 0) is 0 Å². The molecular formula is C10H12Cl2N2O2. The second kappa shape index (κ2) is 5.94. The Morgan fingerprint density at radius 2 is 2.25 bits per heavy atom. The van der Waals surface area contributed by atoms with E-state index in [4.69, 9.17) is 28.9 Å². The number of nitrogens with one attached hydrogen (secondary N) is 1. The standard InChI is InChI=1S/C10H12Cl2N2O2/c11-4-7(15)5-14-9-3-6(10(13)16)1-2-8(9)12/h1-3,7,14-15H,4-5H2,(H2,13,16). The number of aliphatic hydroxyl groups is 1. The van der Waals surface area contributed by atoms with Crippen molar-refractivity contribution in [3.8, 4) is 0 Å². The second-order valence-electron chi connectivity index (χ2n) is 3.25. The Labute approximate surface area is 103 Å². The Hall–Kier alpha value is -0.970. The van der Waals surface area contributed by atoms with Gasteiger partial charge in [-0.3, -0.25) is 4.79 Å². The zero-order valence-electron chi connectivity index (χ0n) is 8.41. The van der Waals surface area contributed by atoms with Crippen molar-refractivity contribution in [3.05, 3.63) is 28.8 Å². The summed E-state index contributed by atoms with van der Waals surface area (Å²) in [5, 5.41) is 12.6. The summed E-state index contributed by atoms with van der Waals surface area (Å²) >= 11 is 11.3. The first kappa shape index (κ1) is 13.1. The summed E-state index contributed by atoms with van der Waals surface area (Å²) in [6, 6.07) is 4.64. The molecule has 0 aliphatic rings. The summed E-state index contributed by atoms with van der Waals surface area (Å²) in [6.45, 7) is 0.255. The van der Waals surface area contributed by atoms with Crippen LogP contribution < -0.4 is 11.1 Å². The summed E-state index contributed by atoms with van der Waals surface area (Å²) in [5.74, 6) is -0.405. The molecule has 0 fully saturated rings. The Bertz CT molecular complexity index is 385. The third-order valence-electron chi connectivity index (χ3n) is 1.96. The Morgan fingerprint density at radius 3 is 2.81 bits per heavy atom. The summed E-state index contributed by atoms with van der Waals surface area (Å²) in [4.78, 5) is 10.9. The van der Waals surface area contributed by atoms with Gasteiger partial charge in [-0.15, -0.1) is 11.6 Å². The van der Waals surface area contributed by atoms with Crippen LogP contribution in [-0.4, -0.2) is 29.5 Å². The van der Waals surface area contributed by atoms with Crippen LogP contribution in [0.4, 0.5) is 5.69 Å². The topological polar surface area (TPSA) is 75.4 Å². The first-order valence-electron chi connectivity index (χ1n) is 4.62. The van der Waals surface area contributed by atoms with E-state index in [2.05, 4.69) is 5.32 Å². The maximum atomic E-state index is 10.9. The zero-order chi connectivity index (χ0) is 12.1. The summed E-state index contributed by atoms with van der Waals surface area (Å²) in [7, 11) is 0. The molecule has 0 spiro atoms. The van der Waals surface area contributed by atoms with Crippen molar-refractivity contribution in [3.63, 3.8) is 0 Å². The number of anilines is 1. The molecule has 4 N–H and O–H groups in total. The third-order valence-corrected chi connectivity index (χ3v) is 2.64. The fourth-order valence-electron chi connectivity index (χ4n) is 1.10. The van der Waals surface area contributed by atoms with Gasteiger partial charge in [0.25, 0.3) is 0 Å². The number of carbonyl (C=O) groups excluding carboxylic acids is 1. The van der Waals surface area contributed by atoms with Gasteiger partial charge in [0.15, 0.2) is 0 Å². The number of hydrogen-bond acceptors (Lipinski definition) is 3. The van der Waals surface area contributed by atoms with Crippen LogP contribution in [0.15, 0.2) is 18.2 Å². The molecule has 1 rings (SSSR count). The van der Waals surface area contributed by atoms with Crippen molar-refractivity contribution >= 4 is 34.8 Å². The lowest BCUT2D eigenvalue weighted by Gasteiger charge is -2.12. The summed E-state index contributed by atoms with van der Waals surface area (Å²) in [5.41, 5.74) is 6.03. The number of rotatable bonds is 5. The van der Waals surface area contributed by atoms with E-state index in [0.29, 0.717) is 16.3 Å². The van der Waals surface area contributed by atoms with Gasteiger partial charge in [-0.1, -0.05) is 11.6 Å². The quantitative estimate of drug-likeness (QED) is 0.704. The predicted molar refractivity (Wildman–Crippen MR) is 65.2 cm³/mol. The van der Waals surface area contributed by atoms with Gasteiger partial charge in [0.2, 0.25) is 5.91 Å². The molecule has 0 saturated carbocycles. The summed E-state index contributed by atoms with van der Waals surface area (Å²) < 4.78 is 0. The van der Waals surface area contributed by atoms with E-state index >= 15 is 0 Å². The number of hydrogen-bond donors (Lipinski definition) is 3. The highest BCUT2D eigenvalue weighted by atomic mass is 35.5. The molecule has 0 radical (unpaired) electrons. The highest BCUT2D eigenvalue weighted by Crippen LogP contribution is 2.22. The van der Waals surface area contributed by atoms with Crippen molar-refractivity contribution in [1.29, 1.82) is 0 Å². The average Bonchev–Trinajstić information content (AvgIpc) is 2.27. The van der Waals surface area contributed by atoms with Gasteiger partial charge in [0.05, 0.1) is 22.7 Å². The molecule has 1 aromatic rings. The highest BCUT2D eigenvalue weighted by Gasteiger charge is 2.07. The number of halogens is 2. The molecule has 1 atom stereocenters. The van der Waals surface area contributed by atoms with Gasteiger partial charge in [-0.2, -0.15) is 0 Å². The van der Waals surface area contributed by atoms with Gasteiger partial charge < -0.3 is 16.2 Å². The minimum atomic E-state index is -0.671. The van der Waals surface area contributed by atoms with Crippen molar-refractivity contribution in [1.82, 2.24) is 0 Å². The van der Waals surface area contributed by atoms with Crippen molar-refractivity contribution in [2.24, 2.45) is 5.73 Å². The Balaban J connectivity index is 2.78. The molecular weight excluding hydrogens is 251 g/mol. The molecule has 1 unspecified atom stereocenters. The lowest BCUT2D eigenvalue weighted by Crippen LogP contribution is -2.21. The number of primary amides is 1. The van der Waals surface area contributed by atoms with Crippen LogP contribution in [0, 0.1) is 0 Å². The van der Waals surface area contributed by atoms with Gasteiger partial charge in [-0.25, -0.2) is 0 Å². The monoisotopic (exact) mass is 262 g/mol. The SMILES string of the molecule is NC(=O)c1ccc(Cl)c(NCC(O)CCl)c1. The average molecular weight is 263 g/mol. The molecule has 0 saturated heterocycles. The van der Waals surface area contributed by atoms with Crippen molar-refractivity contribution in [2.75, 3.05) is 17.7 Å². The maximum absolute atomic E-state index is 10.9. The number of nitrogens with two attached hydrogens (primary N) is 1. The van der Waals surface area contributed by atoms with Gasteiger partial charge in [0.1, 0.15) is 0 Å². The van der Waals surface area contributed by atoms with Crippen LogP contribution in [0.2, 0.25) is 5.02 Å². The van der Waals surface area contributed by atoms with Crippen molar-refractivity contribution in [2.45, 2.75) is 6.10 Å². The molecule has 6 heteroatoms. The van der Waals surface area contributed by atoms with Crippen LogP contribution in [0.25, 0.3) is 0 Å². The number of alkyl halides is 1. The van der Waals surface area contributed by atoms with Crippen LogP contribution in [0.3, 0.4) is 0 Å². The molecule has 0 aliphatic carbocycles. The number of benzene rings is 1. The van der Waals surface area contributed by atoms with Crippen LogP contribution in [0.1, 0.15) is 10.4 Å². The molecule has 16 heavy (non-hydrogen) atoms. The fraction of sp³-hybridized carbons (Fsp3) is 0.300. The van der Waals surface area contributed by atoms with E-state index < -0.39 is 12.0 Å². The summed E-state index contributed by atoms with van der Waals surface area (Å²) in [6.07, 6.45) is -0.671. The fourth-order valence-corrected chi connectivity index (χ4v) is 1.39. The molecule has 4 nitrogen and oxygen atoms in total. The number of aliphatic hydroxyl groups excluding tert-OH is 1. The molecule has 88 valence electrons. The Kier molecular flexibility index (Phi) is 4.86. The van der Waals surface area contributed by atoms with Gasteiger partial charge in [0, 0.05) is 12.1 Å². The van der Waals surface area contributed by atoms with Gasteiger partial charge in [-0.05, 0) is 18.2 Å². The highest BCUT2D eigenvalue weighted by molar-refractivity contribution is 6.33. The first-order chi connectivity index (χ1) is 7.54. The van der Waals surface area contributed by atoms with E-state index in [-0.39, 0.29) is 12.4 Å². The third kappa shape index (κ3) is 3.56. The maximum Gasteiger partial charge on any atom is 0.248 e. The lowest BCUT2D eigenvalue weighted by molar-refractivity contribution is 0.100. The number of amides is 1. The minimum absolute atomic E-state index is 0.125. The van der Waals surface area contributed by atoms with Crippen LogP contribution in [0.5, 0.6) is 0 Å². The molecule has 0 aliphatic heterocycles. The van der Waals surface area contributed by atoms with E-state index in [9.17, 15) is 9.90 Å². The second-order valence-corrected chi connectivity index (χ2v) is 3.96. The van der Waals surface area contributed by atoms with Gasteiger partial charge >= 0.3 is 0 Å². The predicted octanol–water partition coefficient (Wildman–Crippen LogP) is 1.45. The minimum Gasteiger partial charge on any atom is -0.390 e.